The molecule has 2 saturated carbocycles. The molecule has 0 aromatic heterocycles. The molecule has 0 unspecified atom stereocenters. The minimum absolute atomic E-state index is 0.0831. The van der Waals surface area contributed by atoms with Crippen molar-refractivity contribution in [1.82, 2.24) is 21.3 Å². The molecule has 3 rings (SSSR count). The van der Waals surface area contributed by atoms with Gasteiger partial charge < -0.3 is 30.7 Å². The van der Waals surface area contributed by atoms with Crippen molar-refractivity contribution in [3.63, 3.8) is 0 Å². The number of amides is 2. The molecular formula is C30H50N4O4. The fraction of sp³-hybridized carbons (Fsp3) is 0.733. The molecule has 214 valence electrons. The summed E-state index contributed by atoms with van der Waals surface area (Å²) in [5.41, 5.74) is 1.45. The minimum Gasteiger partial charge on any atom is -0.444 e. The van der Waals surface area contributed by atoms with Crippen molar-refractivity contribution in [2.75, 3.05) is 0 Å². The third-order valence-corrected chi connectivity index (χ3v) is 7.10. The molecule has 1 aromatic rings. The highest BCUT2D eigenvalue weighted by molar-refractivity contribution is 5.68. The molecule has 1 aromatic carbocycles. The molecule has 38 heavy (non-hydrogen) atoms. The Balaban J connectivity index is 1.46. The number of rotatable bonds is 8. The average Bonchev–Trinajstić information content (AvgIpc) is 2.81. The van der Waals surface area contributed by atoms with Crippen molar-refractivity contribution in [3.05, 3.63) is 35.4 Å². The van der Waals surface area contributed by atoms with Gasteiger partial charge in [0.05, 0.1) is 0 Å². The van der Waals surface area contributed by atoms with Crippen LogP contribution in [0.25, 0.3) is 0 Å². The standard InChI is InChI=1S/C30H50N4O4/c1-29(2,3)37-27(35)33-25-13-9-7-11-23(25)31-19-21-15-17-22(18-16-21)20-32-24-12-8-10-14-26(24)34-28(36)38-30(4,5)6/h15-18,23-26,31-32H,7-14,19-20H2,1-6H3,(H,33,35)(H,34,36)/t23-,24+,25-,26+. The number of benzene rings is 1. The minimum atomic E-state index is -0.495. The maximum atomic E-state index is 12.3. The second-order valence-electron chi connectivity index (χ2n) is 12.9. The van der Waals surface area contributed by atoms with Gasteiger partial charge in [-0.2, -0.15) is 0 Å². The highest BCUT2D eigenvalue weighted by Crippen LogP contribution is 2.21. The summed E-state index contributed by atoms with van der Waals surface area (Å²) >= 11 is 0. The van der Waals surface area contributed by atoms with Gasteiger partial charge in [-0.15, -0.1) is 0 Å². The molecule has 0 aliphatic heterocycles. The average molecular weight is 531 g/mol. The summed E-state index contributed by atoms with van der Waals surface area (Å²) in [5, 5.41) is 13.5. The van der Waals surface area contributed by atoms with Gasteiger partial charge in [0.25, 0.3) is 0 Å². The Bertz CT molecular complexity index is 818. The molecule has 2 aliphatic rings. The SMILES string of the molecule is CC(C)(C)OC(=O)N[C@H]1CCCC[C@@H]1NCc1ccc(CN[C@@H]2CCCC[C@H]2NC(=O)OC(C)(C)C)cc1. The Kier molecular flexibility index (Phi) is 10.9. The molecular weight excluding hydrogens is 480 g/mol. The molecule has 8 heteroatoms. The van der Waals surface area contributed by atoms with Crippen LogP contribution in [-0.2, 0) is 22.6 Å². The van der Waals surface area contributed by atoms with Gasteiger partial charge in [-0.25, -0.2) is 9.59 Å². The lowest BCUT2D eigenvalue weighted by atomic mass is 9.90. The second-order valence-corrected chi connectivity index (χ2v) is 12.9. The van der Waals surface area contributed by atoms with Crippen molar-refractivity contribution in [3.8, 4) is 0 Å². The van der Waals surface area contributed by atoms with Crippen molar-refractivity contribution in [2.45, 2.75) is 141 Å². The van der Waals surface area contributed by atoms with E-state index in [4.69, 9.17) is 9.47 Å². The van der Waals surface area contributed by atoms with E-state index in [2.05, 4.69) is 45.5 Å². The zero-order chi connectivity index (χ0) is 27.8. The predicted octanol–water partition coefficient (Wildman–Crippen LogP) is 5.54. The van der Waals surface area contributed by atoms with E-state index in [-0.39, 0.29) is 36.4 Å². The van der Waals surface area contributed by atoms with Crippen LogP contribution in [0.4, 0.5) is 9.59 Å². The van der Waals surface area contributed by atoms with Crippen molar-refractivity contribution < 1.29 is 19.1 Å². The quantitative estimate of drug-likeness (QED) is 0.352. The van der Waals surface area contributed by atoms with Crippen molar-refractivity contribution in [1.29, 1.82) is 0 Å². The van der Waals surface area contributed by atoms with Gasteiger partial charge in [0, 0.05) is 37.3 Å². The van der Waals surface area contributed by atoms with Gasteiger partial charge in [-0.3, -0.25) is 0 Å². The molecule has 4 N–H and O–H groups in total. The van der Waals surface area contributed by atoms with Gasteiger partial charge >= 0.3 is 12.2 Å². The molecule has 2 fully saturated rings. The summed E-state index contributed by atoms with van der Waals surface area (Å²) in [6, 6.07) is 9.30. The number of carbonyl (C=O) groups is 2. The van der Waals surface area contributed by atoms with Gasteiger partial charge in [-0.1, -0.05) is 49.9 Å². The molecule has 0 saturated heterocycles. The van der Waals surface area contributed by atoms with Gasteiger partial charge in [0.2, 0.25) is 0 Å². The monoisotopic (exact) mass is 530 g/mol. The fourth-order valence-corrected chi connectivity index (χ4v) is 5.29. The number of nitrogens with one attached hydrogen (secondary N) is 4. The first-order valence-corrected chi connectivity index (χ1v) is 14.4. The van der Waals surface area contributed by atoms with Gasteiger partial charge in [0.1, 0.15) is 11.2 Å². The normalized spacial score (nSPS) is 24.4. The summed E-state index contributed by atoms with van der Waals surface area (Å²) in [7, 11) is 0. The lowest BCUT2D eigenvalue weighted by Crippen LogP contribution is -2.52. The smallest absolute Gasteiger partial charge is 0.407 e. The summed E-state index contributed by atoms with van der Waals surface area (Å²) in [4.78, 5) is 24.6. The van der Waals surface area contributed by atoms with E-state index in [1.54, 1.807) is 0 Å². The molecule has 0 bridgehead atoms. The van der Waals surface area contributed by atoms with Crippen molar-refractivity contribution >= 4 is 12.2 Å². The van der Waals surface area contributed by atoms with E-state index in [1.165, 1.54) is 24.0 Å². The van der Waals surface area contributed by atoms with Gasteiger partial charge in [0.15, 0.2) is 0 Å². The van der Waals surface area contributed by atoms with Crippen molar-refractivity contribution in [2.24, 2.45) is 0 Å². The summed E-state index contributed by atoms with van der Waals surface area (Å²) < 4.78 is 10.9. The molecule has 4 atom stereocenters. The van der Waals surface area contributed by atoms with Crippen LogP contribution in [0.2, 0.25) is 0 Å². The highest BCUT2D eigenvalue weighted by Gasteiger charge is 2.29. The Morgan fingerprint density at radius 2 is 0.947 bits per heavy atom. The molecule has 0 heterocycles. The first kappa shape index (κ1) is 30.2. The number of hydrogen-bond donors (Lipinski definition) is 4. The van der Waals surface area contributed by atoms with E-state index in [0.29, 0.717) is 0 Å². The Morgan fingerprint density at radius 1 is 0.632 bits per heavy atom. The van der Waals surface area contributed by atoms with Crippen LogP contribution in [-0.4, -0.2) is 47.6 Å². The lowest BCUT2D eigenvalue weighted by molar-refractivity contribution is 0.0467. The molecule has 2 amide bonds. The Labute approximate surface area is 229 Å². The lowest BCUT2D eigenvalue weighted by Gasteiger charge is -2.34. The maximum absolute atomic E-state index is 12.3. The fourth-order valence-electron chi connectivity index (χ4n) is 5.29. The first-order valence-electron chi connectivity index (χ1n) is 14.4. The molecule has 2 aliphatic carbocycles. The third-order valence-electron chi connectivity index (χ3n) is 7.10. The molecule has 0 radical (unpaired) electrons. The number of ether oxygens (including phenoxy) is 2. The van der Waals surface area contributed by atoms with E-state index < -0.39 is 11.2 Å². The first-order chi connectivity index (χ1) is 17.9. The number of carbonyl (C=O) groups excluding carboxylic acids is 2. The topological polar surface area (TPSA) is 101 Å². The third kappa shape index (κ3) is 10.8. The van der Waals surface area contributed by atoms with Crippen LogP contribution in [0.15, 0.2) is 24.3 Å². The van der Waals surface area contributed by atoms with Crippen LogP contribution in [0.3, 0.4) is 0 Å². The summed E-state index contributed by atoms with van der Waals surface area (Å²) in [5.74, 6) is 0. The van der Waals surface area contributed by atoms with E-state index in [0.717, 1.165) is 51.6 Å². The molecule has 0 spiro atoms. The number of alkyl carbamates (subject to hydrolysis) is 2. The van der Waals surface area contributed by atoms with Gasteiger partial charge in [-0.05, 0) is 78.4 Å². The number of hydrogen-bond acceptors (Lipinski definition) is 6. The van der Waals surface area contributed by atoms with Crippen LogP contribution >= 0.6 is 0 Å². The molecule has 8 nitrogen and oxygen atoms in total. The summed E-state index contributed by atoms with van der Waals surface area (Å²) in [6.07, 6.45) is 7.91. The van der Waals surface area contributed by atoms with Crippen LogP contribution in [0.1, 0.15) is 104 Å². The van der Waals surface area contributed by atoms with Crippen LogP contribution < -0.4 is 21.3 Å². The zero-order valence-electron chi connectivity index (χ0n) is 24.3. The largest absolute Gasteiger partial charge is 0.444 e. The van der Waals surface area contributed by atoms with E-state index >= 15 is 0 Å². The second kappa shape index (κ2) is 13.7. The Morgan fingerprint density at radius 3 is 1.26 bits per heavy atom. The predicted molar refractivity (Wildman–Crippen MR) is 151 cm³/mol. The zero-order valence-corrected chi connectivity index (χ0v) is 24.3. The van der Waals surface area contributed by atoms with Crippen LogP contribution in [0, 0.1) is 0 Å². The van der Waals surface area contributed by atoms with E-state index in [1.807, 2.05) is 41.5 Å². The highest BCUT2D eigenvalue weighted by atomic mass is 16.6. The Hall–Kier alpha value is -2.32. The van der Waals surface area contributed by atoms with E-state index in [9.17, 15) is 9.59 Å². The maximum Gasteiger partial charge on any atom is 0.407 e. The summed E-state index contributed by atoms with van der Waals surface area (Å²) in [6.45, 7) is 12.8. The van der Waals surface area contributed by atoms with Crippen LogP contribution in [0.5, 0.6) is 0 Å².